The second-order valence-electron chi connectivity index (χ2n) is 13.0. The average Bonchev–Trinajstić information content (AvgIpc) is 3.65. The van der Waals surface area contributed by atoms with Gasteiger partial charge in [-0.2, -0.15) is 0 Å². The number of nitrogens with zero attached hydrogens (tertiary/aromatic N) is 3. The van der Waals surface area contributed by atoms with Crippen molar-refractivity contribution in [3.8, 4) is 5.75 Å². The standard InChI is InChI=1S/C38H49N3O5S/c1-6-10-14-25-39(23-7-2)36(45)33-38-22-21-37(5,47-38)31(32(38)35(44)41(33)30(26-42)27-15-12-11-13-16-27)34(43)40(24-8-3)28-17-19-29(20-18-28)46-9-4/h7-8,11-13,15-20,30-33,42H,2-3,6,9-10,14,21-26H2,1,4-5H3/t30-,31-,32+,33?,37+,38?/m1/s1. The van der Waals surface area contributed by atoms with E-state index < -0.39 is 33.4 Å². The quantitative estimate of drug-likeness (QED) is 0.175. The van der Waals surface area contributed by atoms with Crippen molar-refractivity contribution >= 4 is 35.2 Å². The molecule has 3 heterocycles. The minimum atomic E-state index is -0.832. The molecule has 1 N–H and O–H groups in total. The van der Waals surface area contributed by atoms with Crippen molar-refractivity contribution in [1.29, 1.82) is 0 Å². The maximum Gasteiger partial charge on any atom is 0.247 e. The molecule has 0 radical (unpaired) electrons. The fourth-order valence-electron chi connectivity index (χ4n) is 8.07. The van der Waals surface area contributed by atoms with Crippen LogP contribution in [0, 0.1) is 11.8 Å². The molecule has 2 bridgehead atoms. The van der Waals surface area contributed by atoms with Crippen molar-refractivity contribution in [2.24, 2.45) is 11.8 Å². The minimum absolute atomic E-state index is 0.134. The van der Waals surface area contributed by atoms with Crippen LogP contribution in [-0.2, 0) is 14.4 Å². The van der Waals surface area contributed by atoms with Crippen LogP contribution >= 0.6 is 11.8 Å². The summed E-state index contributed by atoms with van der Waals surface area (Å²) in [7, 11) is 0. The van der Waals surface area contributed by atoms with Gasteiger partial charge in [-0.15, -0.1) is 24.9 Å². The zero-order chi connectivity index (χ0) is 33.8. The Morgan fingerprint density at radius 2 is 1.74 bits per heavy atom. The van der Waals surface area contributed by atoms with Crippen LogP contribution in [0.2, 0.25) is 0 Å². The van der Waals surface area contributed by atoms with Crippen molar-refractivity contribution in [1.82, 2.24) is 9.80 Å². The molecule has 3 saturated heterocycles. The van der Waals surface area contributed by atoms with Gasteiger partial charge in [-0.05, 0) is 62.9 Å². The lowest BCUT2D eigenvalue weighted by molar-refractivity contribution is -0.146. The first-order chi connectivity index (χ1) is 22.7. The molecular weight excluding hydrogens is 611 g/mol. The SMILES string of the molecule is C=CCN(CCCCC)C(=O)C1N([C@H](CO)c2ccccc2)C(=O)[C@@H]2[C@H](C(=O)N(CC=C)c3ccc(OCC)cc3)[C@]3(C)CCC12S3. The molecule has 0 aliphatic carbocycles. The zero-order valence-corrected chi connectivity index (χ0v) is 28.8. The number of carbonyl (C=O) groups excluding carboxylic acids is 3. The maximum absolute atomic E-state index is 15.0. The third kappa shape index (κ3) is 6.24. The maximum atomic E-state index is 15.0. The van der Waals surface area contributed by atoms with Crippen molar-refractivity contribution in [2.45, 2.75) is 74.5 Å². The van der Waals surface area contributed by atoms with Crippen LogP contribution in [0.15, 0.2) is 79.9 Å². The van der Waals surface area contributed by atoms with E-state index in [0.717, 1.165) is 24.8 Å². The third-order valence-electron chi connectivity index (χ3n) is 10.1. The van der Waals surface area contributed by atoms with E-state index in [4.69, 9.17) is 4.74 Å². The minimum Gasteiger partial charge on any atom is -0.494 e. The number of carbonyl (C=O) groups is 3. The van der Waals surface area contributed by atoms with Gasteiger partial charge in [0.25, 0.3) is 0 Å². The summed E-state index contributed by atoms with van der Waals surface area (Å²) < 4.78 is 4.28. The predicted molar refractivity (Wildman–Crippen MR) is 188 cm³/mol. The molecule has 3 fully saturated rings. The van der Waals surface area contributed by atoms with E-state index in [1.807, 2.05) is 66.4 Å². The summed E-state index contributed by atoms with van der Waals surface area (Å²) in [5.41, 5.74) is 1.46. The molecule has 2 unspecified atom stereocenters. The lowest BCUT2D eigenvalue weighted by Gasteiger charge is -2.40. The van der Waals surface area contributed by atoms with Gasteiger partial charge in [-0.1, -0.05) is 62.2 Å². The summed E-state index contributed by atoms with van der Waals surface area (Å²) >= 11 is 1.65. The number of hydrogen-bond acceptors (Lipinski definition) is 6. The van der Waals surface area contributed by atoms with Gasteiger partial charge in [0.2, 0.25) is 17.7 Å². The van der Waals surface area contributed by atoms with Gasteiger partial charge in [-0.3, -0.25) is 14.4 Å². The molecular formula is C38H49N3O5S. The van der Waals surface area contributed by atoms with Crippen LogP contribution < -0.4 is 9.64 Å². The number of likely N-dealkylation sites (tertiary alicyclic amines) is 1. The number of aliphatic hydroxyl groups excluding tert-OH is 1. The number of anilines is 1. The van der Waals surface area contributed by atoms with Crippen LogP contribution in [0.1, 0.15) is 64.5 Å². The molecule has 1 spiro atoms. The number of fused-ring (bicyclic) bond motifs is 1. The van der Waals surface area contributed by atoms with Crippen molar-refractivity contribution in [2.75, 3.05) is 37.7 Å². The first kappa shape index (κ1) is 34.8. The number of amides is 3. The fraction of sp³-hybridized carbons (Fsp3) is 0.500. The molecule has 3 amide bonds. The Kier molecular flexibility index (Phi) is 10.9. The number of benzene rings is 2. The van der Waals surface area contributed by atoms with Gasteiger partial charge in [-0.25, -0.2) is 0 Å². The van der Waals surface area contributed by atoms with Crippen LogP contribution in [0.4, 0.5) is 5.69 Å². The van der Waals surface area contributed by atoms with Gasteiger partial charge in [0.05, 0.1) is 35.8 Å². The number of aliphatic hydroxyl groups is 1. The van der Waals surface area contributed by atoms with Gasteiger partial charge in [0.15, 0.2) is 0 Å². The highest BCUT2D eigenvalue weighted by atomic mass is 32.2. The highest BCUT2D eigenvalue weighted by Crippen LogP contribution is 2.72. The molecule has 47 heavy (non-hydrogen) atoms. The highest BCUT2D eigenvalue weighted by molar-refractivity contribution is 8.02. The summed E-state index contributed by atoms with van der Waals surface area (Å²) in [4.78, 5) is 49.9. The van der Waals surface area contributed by atoms with Crippen molar-refractivity contribution in [3.63, 3.8) is 0 Å². The largest absolute Gasteiger partial charge is 0.494 e. The first-order valence-electron chi connectivity index (χ1n) is 16.9. The number of hydrogen-bond donors (Lipinski definition) is 1. The number of thioether (sulfide) groups is 1. The van der Waals surface area contributed by atoms with Crippen molar-refractivity contribution < 1.29 is 24.2 Å². The molecule has 0 saturated carbocycles. The third-order valence-corrected chi connectivity index (χ3v) is 12.1. The zero-order valence-electron chi connectivity index (χ0n) is 28.0. The van der Waals surface area contributed by atoms with E-state index in [0.29, 0.717) is 44.0 Å². The van der Waals surface area contributed by atoms with Gasteiger partial charge in [0.1, 0.15) is 11.8 Å². The normalized spacial score (nSPS) is 26.5. The van der Waals surface area contributed by atoms with E-state index in [9.17, 15) is 19.5 Å². The number of ether oxygens (including phenoxy) is 1. The summed E-state index contributed by atoms with van der Waals surface area (Å²) in [6.45, 7) is 15.4. The highest BCUT2D eigenvalue weighted by Gasteiger charge is 2.78. The smallest absolute Gasteiger partial charge is 0.247 e. The Hall–Kier alpha value is -3.56. The molecule has 0 aromatic heterocycles. The van der Waals surface area contributed by atoms with Crippen LogP contribution in [0.5, 0.6) is 5.75 Å². The summed E-state index contributed by atoms with van der Waals surface area (Å²) in [5.74, 6) is -1.19. The monoisotopic (exact) mass is 659 g/mol. The first-order valence-corrected chi connectivity index (χ1v) is 17.8. The van der Waals surface area contributed by atoms with Crippen LogP contribution in [-0.4, -0.2) is 81.0 Å². The predicted octanol–water partition coefficient (Wildman–Crippen LogP) is 6.02. The summed E-state index contributed by atoms with van der Waals surface area (Å²) in [6.07, 6.45) is 7.62. The van der Waals surface area contributed by atoms with Gasteiger partial charge in [0, 0.05) is 30.1 Å². The molecule has 2 aromatic carbocycles. The van der Waals surface area contributed by atoms with E-state index in [1.165, 1.54) is 0 Å². The lowest BCUT2D eigenvalue weighted by atomic mass is 9.66. The molecule has 8 nitrogen and oxygen atoms in total. The topological polar surface area (TPSA) is 90.4 Å². The molecule has 5 rings (SSSR count). The van der Waals surface area contributed by atoms with E-state index >= 15 is 0 Å². The van der Waals surface area contributed by atoms with Gasteiger partial charge < -0.3 is 24.5 Å². The Bertz CT molecular complexity index is 1450. The molecule has 252 valence electrons. The fourth-order valence-corrected chi connectivity index (χ4v) is 10.4. The van der Waals surface area contributed by atoms with Gasteiger partial charge >= 0.3 is 0 Å². The van der Waals surface area contributed by atoms with Crippen LogP contribution in [0.25, 0.3) is 0 Å². The Labute approximate surface area is 283 Å². The Morgan fingerprint density at radius 3 is 2.36 bits per heavy atom. The molecule has 6 atom stereocenters. The molecule has 3 aliphatic rings. The number of rotatable bonds is 16. The van der Waals surface area contributed by atoms with Crippen LogP contribution in [0.3, 0.4) is 0 Å². The Balaban J connectivity index is 1.60. The summed E-state index contributed by atoms with van der Waals surface area (Å²) in [5, 5.41) is 10.9. The average molecular weight is 660 g/mol. The molecule has 3 aliphatic heterocycles. The second kappa shape index (κ2) is 14.7. The second-order valence-corrected chi connectivity index (χ2v) is 14.9. The van der Waals surface area contributed by atoms with Crippen molar-refractivity contribution in [3.05, 3.63) is 85.5 Å². The van der Waals surface area contributed by atoms with E-state index in [-0.39, 0.29) is 30.9 Å². The molecule has 2 aromatic rings. The summed E-state index contributed by atoms with van der Waals surface area (Å²) in [6, 6.07) is 15.3. The lowest BCUT2D eigenvalue weighted by Crippen LogP contribution is -2.56. The number of unbranched alkanes of at least 4 members (excludes halogenated alkanes) is 2. The van der Waals surface area contributed by atoms with E-state index in [2.05, 4.69) is 27.0 Å². The Morgan fingerprint density at radius 1 is 1.04 bits per heavy atom. The van der Waals surface area contributed by atoms with E-state index in [1.54, 1.807) is 33.7 Å². The molecule has 9 heteroatoms.